The molecule has 0 aliphatic carbocycles. The van der Waals surface area contributed by atoms with Crippen LogP contribution < -0.4 is 5.32 Å². The number of benzene rings is 1. The first kappa shape index (κ1) is 27.4. The summed E-state index contributed by atoms with van der Waals surface area (Å²) in [6.07, 6.45) is -2.90. The quantitative estimate of drug-likeness (QED) is 0.265. The van der Waals surface area contributed by atoms with Crippen LogP contribution in [0.25, 0.3) is 16.7 Å². The topological polar surface area (TPSA) is 93.5 Å². The van der Waals surface area contributed by atoms with Gasteiger partial charge in [0.05, 0.1) is 5.56 Å². The number of piperidine rings is 1. The second-order valence-electron chi connectivity index (χ2n) is 6.86. The van der Waals surface area contributed by atoms with Gasteiger partial charge in [-0.25, -0.2) is 9.97 Å². The molecule has 2 N–H and O–H groups in total. The number of aromatic nitrogens is 5. The van der Waals surface area contributed by atoms with Gasteiger partial charge in [0.25, 0.3) is 0 Å². The predicted octanol–water partition coefficient (Wildman–Crippen LogP) is 5.63. The van der Waals surface area contributed by atoms with Crippen LogP contribution >= 0.6 is 22.6 Å². The monoisotopic (exact) mass is 771 g/mol. The smallest absolute Gasteiger partial charge is 0.417 e. The molecule has 3 aromatic rings. The Labute approximate surface area is 233 Å². The Balaban J connectivity index is 0.00000118. The first-order chi connectivity index (χ1) is 14.9. The Morgan fingerprint density at radius 3 is 2.41 bits per heavy atom. The molecule has 32 heavy (non-hydrogen) atoms. The minimum atomic E-state index is -4.51. The number of hydrogen-bond acceptors (Lipinski definition) is 5. The van der Waals surface area contributed by atoms with E-state index in [1.807, 2.05) is 4.93 Å². The van der Waals surface area contributed by atoms with Gasteiger partial charge in [0, 0.05) is 61.4 Å². The van der Waals surface area contributed by atoms with Crippen molar-refractivity contribution in [2.75, 3.05) is 23.3 Å². The van der Waals surface area contributed by atoms with Gasteiger partial charge in [0.1, 0.15) is 11.6 Å². The average molecular weight is 771 g/mol. The largest absolute Gasteiger partial charge is 0.662 e. The van der Waals surface area contributed by atoms with E-state index < -0.39 is 11.7 Å². The van der Waals surface area contributed by atoms with Crippen molar-refractivity contribution < 1.29 is 57.2 Å². The van der Waals surface area contributed by atoms with Gasteiger partial charge in [0.15, 0.2) is 5.82 Å². The summed E-state index contributed by atoms with van der Waals surface area (Å²) < 4.78 is 40.6. The molecule has 2 aromatic heterocycles. The molecule has 1 aliphatic rings. The Bertz CT molecular complexity index is 1010. The number of anilines is 2. The molecule has 3 heterocycles. The van der Waals surface area contributed by atoms with Crippen LogP contribution in [0.5, 0.6) is 0 Å². The number of H-pyrrole nitrogens is 1. The van der Waals surface area contributed by atoms with Crippen LogP contribution in [0.3, 0.4) is 0 Å². The van der Waals surface area contributed by atoms with E-state index in [4.69, 9.17) is 0 Å². The van der Waals surface area contributed by atoms with Crippen molar-refractivity contribution in [3.8, 4) is 11.4 Å². The van der Waals surface area contributed by atoms with Crippen LogP contribution in [-0.4, -0.2) is 43.2 Å². The second kappa shape index (κ2) is 12.6. The van der Waals surface area contributed by atoms with Gasteiger partial charge in [-0.05, 0) is 23.8 Å². The number of halogens is 4. The minimum Gasteiger partial charge on any atom is -0.662 e. The molecule has 1 fully saturated rings. The van der Waals surface area contributed by atoms with Crippen LogP contribution in [-0.2, 0) is 6.18 Å². The number of nitrogens with one attached hydrogen (secondary N) is 2. The van der Waals surface area contributed by atoms with E-state index in [2.05, 4.69) is 58.4 Å². The van der Waals surface area contributed by atoms with Crippen molar-refractivity contribution in [1.82, 2.24) is 25.1 Å². The molecule has 7 nitrogen and oxygen atoms in total. The first-order valence-corrected chi connectivity index (χ1v) is 11.8. The minimum absolute atomic E-state index is 0. The third-order valence-corrected chi connectivity index (χ3v) is 4.75. The maximum absolute atomic E-state index is 13.5. The third kappa shape index (κ3) is 7.08. The van der Waals surface area contributed by atoms with Gasteiger partial charge in [-0.15, -0.1) is 18.2 Å². The standard InChI is InChI=1S/C19H19F3N7.CH3I.Ac/c1-11-24-18(29-28-11)27-16-10-15(12-6-8-23-9-7-12)25-17(26-16)13-4-2-3-5-14(13)19(20,21)22;1-2;/h2-5,10,12H,6-9H2,1H3,(H2,24,25,26,27,28,29);1H3;/q-1;;. The third-order valence-electron chi connectivity index (χ3n) is 4.75. The van der Waals surface area contributed by atoms with Gasteiger partial charge < -0.3 is 10.6 Å². The van der Waals surface area contributed by atoms with Crippen molar-refractivity contribution in [3.63, 3.8) is 0 Å². The summed E-state index contributed by atoms with van der Waals surface area (Å²) >= 11 is 2.15. The first-order valence-electron chi connectivity index (χ1n) is 9.63. The van der Waals surface area contributed by atoms with Crippen molar-refractivity contribution in [3.05, 3.63) is 52.7 Å². The Morgan fingerprint density at radius 1 is 1.09 bits per heavy atom. The van der Waals surface area contributed by atoms with Crippen molar-refractivity contribution >= 4 is 34.4 Å². The molecular formula is C20H22AcF3IN7-. The number of aryl methyl sites for hydroxylation is 1. The Hall–Kier alpha value is -0.838. The Kier molecular flexibility index (Phi) is 10.8. The zero-order valence-electron chi connectivity index (χ0n) is 17.6. The van der Waals surface area contributed by atoms with Gasteiger partial charge in [-0.3, -0.25) is 5.10 Å². The molecule has 169 valence electrons. The van der Waals surface area contributed by atoms with E-state index in [9.17, 15) is 13.2 Å². The summed E-state index contributed by atoms with van der Waals surface area (Å²) in [4.78, 5) is 15.0. The van der Waals surface area contributed by atoms with Crippen LogP contribution in [0.15, 0.2) is 30.3 Å². The maximum Gasteiger partial charge on any atom is 0.417 e. The fourth-order valence-electron chi connectivity index (χ4n) is 3.34. The van der Waals surface area contributed by atoms with Crippen molar-refractivity contribution in [1.29, 1.82) is 0 Å². The van der Waals surface area contributed by atoms with Gasteiger partial charge >= 0.3 is 6.18 Å². The molecule has 0 unspecified atom stereocenters. The molecule has 0 bridgehead atoms. The van der Waals surface area contributed by atoms with E-state index >= 15 is 0 Å². The van der Waals surface area contributed by atoms with E-state index in [1.54, 1.807) is 19.1 Å². The number of aromatic amines is 1. The number of hydrogen-bond donors (Lipinski definition) is 2. The molecule has 1 aliphatic heterocycles. The molecule has 0 saturated carbocycles. The van der Waals surface area contributed by atoms with E-state index in [-0.39, 0.29) is 61.4 Å². The molecule has 1 saturated heterocycles. The summed E-state index contributed by atoms with van der Waals surface area (Å²) in [5.74, 6) is 1.39. The van der Waals surface area contributed by atoms with Crippen molar-refractivity contribution in [2.45, 2.75) is 31.9 Å². The fraction of sp³-hybridized carbons (Fsp3) is 0.400. The van der Waals surface area contributed by atoms with Gasteiger partial charge in [-0.1, -0.05) is 53.6 Å². The van der Waals surface area contributed by atoms with Crippen LogP contribution in [0.4, 0.5) is 24.9 Å². The summed E-state index contributed by atoms with van der Waals surface area (Å²) in [6.45, 7) is 3.18. The Morgan fingerprint density at radius 2 is 1.78 bits per heavy atom. The SMILES string of the molecule is CI.Cc1nc(Nc2cc(C3CC[N-]CC3)nc(-c3ccccc3C(F)(F)F)n2)n[nH]1.[Ac]. The van der Waals surface area contributed by atoms with E-state index in [0.717, 1.165) is 18.9 Å². The zero-order valence-corrected chi connectivity index (χ0v) is 24.5. The van der Waals surface area contributed by atoms with E-state index in [0.29, 0.717) is 36.4 Å². The molecule has 0 spiro atoms. The molecule has 1 aromatic carbocycles. The zero-order chi connectivity index (χ0) is 22.4. The van der Waals surface area contributed by atoms with Crippen LogP contribution in [0.1, 0.15) is 35.8 Å². The molecule has 0 amide bonds. The molecule has 4 rings (SSSR count). The van der Waals surface area contributed by atoms with Crippen molar-refractivity contribution in [2.24, 2.45) is 0 Å². The maximum atomic E-state index is 13.5. The normalized spacial score (nSPS) is 14.2. The van der Waals surface area contributed by atoms with Crippen LogP contribution in [0, 0.1) is 51.0 Å². The second-order valence-corrected chi connectivity index (χ2v) is 6.86. The average Bonchev–Trinajstić information content (AvgIpc) is 3.19. The number of rotatable bonds is 4. The fourth-order valence-corrected chi connectivity index (χ4v) is 3.34. The van der Waals surface area contributed by atoms with Crippen LogP contribution in [0.2, 0.25) is 0 Å². The van der Waals surface area contributed by atoms with Gasteiger partial charge in [-0.2, -0.15) is 18.2 Å². The number of nitrogens with zero attached hydrogens (tertiary/aromatic N) is 5. The molecule has 0 atom stereocenters. The number of alkyl halides is 4. The summed E-state index contributed by atoms with van der Waals surface area (Å²) in [7, 11) is 0. The van der Waals surface area contributed by atoms with Gasteiger partial charge in [0.2, 0.25) is 5.95 Å². The molecular weight excluding hydrogens is 749 g/mol. The van der Waals surface area contributed by atoms with E-state index in [1.165, 1.54) is 12.1 Å². The summed E-state index contributed by atoms with van der Waals surface area (Å²) in [6, 6.07) is 7.08. The summed E-state index contributed by atoms with van der Waals surface area (Å²) in [5, 5.41) is 14.0. The molecule has 12 heteroatoms. The predicted molar refractivity (Wildman–Crippen MR) is 122 cm³/mol. The molecule has 1 radical (unpaired) electrons. The summed E-state index contributed by atoms with van der Waals surface area (Å²) in [5.41, 5.74) is -0.135.